The van der Waals surface area contributed by atoms with Crippen LogP contribution in [0.25, 0.3) is 0 Å². The molecule has 0 aliphatic heterocycles. The van der Waals surface area contributed by atoms with Crippen LogP contribution in [0.15, 0.2) is 0 Å². The molecule has 0 radical (unpaired) electrons. The minimum absolute atomic E-state index is 0.189. The van der Waals surface area contributed by atoms with E-state index >= 15 is 0 Å². The van der Waals surface area contributed by atoms with Gasteiger partial charge in [0.15, 0.2) is 0 Å². The summed E-state index contributed by atoms with van der Waals surface area (Å²) in [5.41, 5.74) is 5.72. The van der Waals surface area contributed by atoms with Crippen LogP contribution in [0.3, 0.4) is 0 Å². The van der Waals surface area contributed by atoms with Crippen molar-refractivity contribution in [3.63, 3.8) is 0 Å². The van der Waals surface area contributed by atoms with Crippen molar-refractivity contribution < 1.29 is 9.47 Å². The fourth-order valence-electron chi connectivity index (χ4n) is 3.44. The smallest absolute Gasteiger partial charge is 0.0820 e. The summed E-state index contributed by atoms with van der Waals surface area (Å²) in [7, 11) is 0. The van der Waals surface area contributed by atoms with Gasteiger partial charge in [-0.25, -0.2) is 0 Å². The highest BCUT2D eigenvalue weighted by molar-refractivity contribution is 4.58. The van der Waals surface area contributed by atoms with E-state index in [4.69, 9.17) is 15.2 Å². The topological polar surface area (TPSA) is 44.5 Å². The minimum Gasteiger partial charge on any atom is -0.379 e. The standard InChI is InChI=1S/C24H51NO2/c1-3-5-7-9-11-13-15-17-21-26-23-24(19-20-25)27-22-18-16-14-12-10-8-6-4-2/h24H,3-23,25H2,1-2H3. The Balaban J connectivity index is 3.41. The summed E-state index contributed by atoms with van der Waals surface area (Å²) in [5.74, 6) is 0. The Morgan fingerprint density at radius 2 is 1.04 bits per heavy atom. The summed E-state index contributed by atoms with van der Waals surface area (Å²) < 4.78 is 11.9. The molecular weight excluding hydrogens is 334 g/mol. The normalized spacial score (nSPS) is 12.6. The minimum atomic E-state index is 0.189. The molecule has 0 amide bonds. The van der Waals surface area contributed by atoms with Gasteiger partial charge in [0.2, 0.25) is 0 Å². The van der Waals surface area contributed by atoms with Gasteiger partial charge in [-0.1, -0.05) is 104 Å². The summed E-state index contributed by atoms with van der Waals surface area (Å²) in [5, 5.41) is 0. The van der Waals surface area contributed by atoms with E-state index in [2.05, 4.69) is 13.8 Å². The second-order valence-electron chi connectivity index (χ2n) is 8.09. The van der Waals surface area contributed by atoms with Crippen molar-refractivity contribution in [2.45, 2.75) is 129 Å². The summed E-state index contributed by atoms with van der Waals surface area (Å²) in [6, 6.07) is 0. The summed E-state index contributed by atoms with van der Waals surface area (Å²) in [6.07, 6.45) is 22.6. The second kappa shape index (κ2) is 23.9. The third kappa shape index (κ3) is 22.0. The molecule has 1 atom stereocenters. The van der Waals surface area contributed by atoms with Crippen LogP contribution in [0.1, 0.15) is 123 Å². The van der Waals surface area contributed by atoms with E-state index in [1.807, 2.05) is 0 Å². The molecule has 0 aromatic carbocycles. The fourth-order valence-corrected chi connectivity index (χ4v) is 3.44. The first-order valence-corrected chi connectivity index (χ1v) is 12.2. The molecule has 27 heavy (non-hydrogen) atoms. The Morgan fingerprint density at radius 1 is 0.593 bits per heavy atom. The van der Waals surface area contributed by atoms with Crippen LogP contribution in [0.5, 0.6) is 0 Å². The number of hydrogen-bond acceptors (Lipinski definition) is 3. The molecule has 1 unspecified atom stereocenters. The van der Waals surface area contributed by atoms with Crippen molar-refractivity contribution in [2.75, 3.05) is 26.4 Å². The monoisotopic (exact) mass is 385 g/mol. The van der Waals surface area contributed by atoms with Crippen molar-refractivity contribution in [1.82, 2.24) is 0 Å². The molecule has 0 aliphatic carbocycles. The zero-order chi connectivity index (χ0) is 19.8. The van der Waals surface area contributed by atoms with E-state index in [0.717, 1.165) is 19.6 Å². The Labute approximate surface area is 171 Å². The van der Waals surface area contributed by atoms with Gasteiger partial charge >= 0.3 is 0 Å². The largest absolute Gasteiger partial charge is 0.379 e. The first-order chi connectivity index (χ1) is 13.3. The van der Waals surface area contributed by atoms with E-state index in [-0.39, 0.29) is 6.10 Å². The van der Waals surface area contributed by atoms with Crippen LogP contribution in [0, 0.1) is 0 Å². The molecule has 2 N–H and O–H groups in total. The lowest BCUT2D eigenvalue weighted by molar-refractivity contribution is -0.0211. The number of nitrogens with two attached hydrogens (primary N) is 1. The predicted octanol–water partition coefficient (Wildman–Crippen LogP) is 7.02. The third-order valence-electron chi connectivity index (χ3n) is 5.29. The molecule has 0 heterocycles. The maximum Gasteiger partial charge on any atom is 0.0820 e. The molecule has 0 aliphatic rings. The van der Waals surface area contributed by atoms with Gasteiger partial charge in [-0.05, 0) is 25.8 Å². The number of ether oxygens (including phenoxy) is 2. The van der Waals surface area contributed by atoms with Gasteiger partial charge < -0.3 is 15.2 Å². The molecule has 0 rings (SSSR count). The van der Waals surface area contributed by atoms with Gasteiger partial charge in [0.05, 0.1) is 12.7 Å². The lowest BCUT2D eigenvalue weighted by Gasteiger charge is -2.17. The van der Waals surface area contributed by atoms with Gasteiger partial charge in [-0.15, -0.1) is 0 Å². The average molecular weight is 386 g/mol. The van der Waals surface area contributed by atoms with Crippen molar-refractivity contribution in [1.29, 1.82) is 0 Å². The second-order valence-corrected chi connectivity index (χ2v) is 8.09. The Kier molecular flexibility index (Phi) is 23.8. The Hall–Kier alpha value is -0.120. The molecule has 0 spiro atoms. The van der Waals surface area contributed by atoms with Crippen molar-refractivity contribution in [2.24, 2.45) is 5.73 Å². The first-order valence-electron chi connectivity index (χ1n) is 12.2. The molecule has 0 bridgehead atoms. The van der Waals surface area contributed by atoms with E-state index in [9.17, 15) is 0 Å². The highest BCUT2D eigenvalue weighted by atomic mass is 16.5. The highest BCUT2D eigenvalue weighted by Gasteiger charge is 2.08. The van der Waals surface area contributed by atoms with Gasteiger partial charge in [-0.3, -0.25) is 0 Å². The molecule has 0 saturated carbocycles. The molecule has 0 saturated heterocycles. The van der Waals surface area contributed by atoms with Crippen molar-refractivity contribution in [3.05, 3.63) is 0 Å². The van der Waals surface area contributed by atoms with Gasteiger partial charge in [0.1, 0.15) is 0 Å². The maximum absolute atomic E-state index is 6.01. The molecule has 3 nitrogen and oxygen atoms in total. The van der Waals surface area contributed by atoms with Gasteiger partial charge in [-0.2, -0.15) is 0 Å². The van der Waals surface area contributed by atoms with Crippen LogP contribution in [-0.4, -0.2) is 32.5 Å². The van der Waals surface area contributed by atoms with Crippen molar-refractivity contribution >= 4 is 0 Å². The summed E-state index contributed by atoms with van der Waals surface area (Å²) in [4.78, 5) is 0. The first kappa shape index (κ1) is 26.9. The van der Waals surface area contributed by atoms with Crippen LogP contribution in [0.2, 0.25) is 0 Å². The zero-order valence-electron chi connectivity index (χ0n) is 18.8. The summed E-state index contributed by atoms with van der Waals surface area (Å²) >= 11 is 0. The molecular formula is C24H51NO2. The number of unbranched alkanes of at least 4 members (excludes halogenated alkanes) is 14. The Bertz CT molecular complexity index is 261. The van der Waals surface area contributed by atoms with E-state index in [1.165, 1.54) is 103 Å². The molecule has 164 valence electrons. The highest BCUT2D eigenvalue weighted by Crippen LogP contribution is 2.10. The van der Waals surface area contributed by atoms with Crippen LogP contribution in [0.4, 0.5) is 0 Å². The maximum atomic E-state index is 6.01. The van der Waals surface area contributed by atoms with Crippen molar-refractivity contribution in [3.8, 4) is 0 Å². The lowest BCUT2D eigenvalue weighted by atomic mass is 10.1. The van der Waals surface area contributed by atoms with E-state index in [1.54, 1.807) is 0 Å². The molecule has 0 aromatic heterocycles. The number of hydrogen-bond donors (Lipinski definition) is 1. The molecule has 3 heteroatoms. The third-order valence-corrected chi connectivity index (χ3v) is 5.29. The van der Waals surface area contributed by atoms with Gasteiger partial charge in [0.25, 0.3) is 0 Å². The van der Waals surface area contributed by atoms with Crippen LogP contribution in [-0.2, 0) is 9.47 Å². The molecule has 0 aromatic rings. The van der Waals surface area contributed by atoms with E-state index < -0.39 is 0 Å². The SMILES string of the molecule is CCCCCCCCCCOCC(CCN)OCCCCCCCCCC. The van der Waals surface area contributed by atoms with Gasteiger partial charge in [0, 0.05) is 13.2 Å². The molecule has 0 fully saturated rings. The quantitative estimate of drug-likeness (QED) is 0.192. The number of rotatable bonds is 23. The van der Waals surface area contributed by atoms with Crippen LogP contribution < -0.4 is 5.73 Å². The van der Waals surface area contributed by atoms with E-state index in [0.29, 0.717) is 13.2 Å². The lowest BCUT2D eigenvalue weighted by Crippen LogP contribution is -2.24. The predicted molar refractivity (Wildman–Crippen MR) is 119 cm³/mol. The van der Waals surface area contributed by atoms with Crippen LogP contribution >= 0.6 is 0 Å². The zero-order valence-corrected chi connectivity index (χ0v) is 18.8. The Morgan fingerprint density at radius 3 is 1.52 bits per heavy atom. The fraction of sp³-hybridized carbons (Fsp3) is 1.00. The summed E-state index contributed by atoms with van der Waals surface area (Å²) in [6.45, 7) is 7.68. The average Bonchev–Trinajstić information content (AvgIpc) is 2.68.